The summed E-state index contributed by atoms with van der Waals surface area (Å²) in [6, 6.07) is 0. The van der Waals surface area contributed by atoms with Gasteiger partial charge in [-0.3, -0.25) is 0 Å². The molecule has 0 aliphatic carbocycles. The zero-order valence-corrected chi connectivity index (χ0v) is 10.5. The molecule has 2 unspecified atom stereocenters. The molecule has 0 aromatic carbocycles. The van der Waals surface area contributed by atoms with E-state index in [1.54, 1.807) is 0 Å². The molecule has 80 valence electrons. The molecule has 0 heteroatoms. The maximum absolute atomic E-state index is 2.43. The lowest BCUT2D eigenvalue weighted by atomic mass is 9.70. The molecule has 0 nitrogen and oxygen atoms in total. The van der Waals surface area contributed by atoms with Gasteiger partial charge in [0.2, 0.25) is 0 Å². The van der Waals surface area contributed by atoms with Crippen molar-refractivity contribution >= 4 is 0 Å². The predicted molar refractivity (Wildman–Crippen MR) is 61.9 cm³/mol. The van der Waals surface area contributed by atoms with E-state index in [4.69, 9.17) is 0 Å². The molecule has 0 aliphatic heterocycles. The molecule has 2 atom stereocenters. The highest BCUT2D eigenvalue weighted by Crippen LogP contribution is 2.37. The normalized spacial score (nSPS) is 17.1. The first-order valence-electron chi connectivity index (χ1n) is 5.93. The van der Waals surface area contributed by atoms with Crippen molar-refractivity contribution in [3.8, 4) is 0 Å². The number of hydrogen-bond donors (Lipinski definition) is 0. The number of hydrogen-bond acceptors (Lipinski definition) is 0. The molecule has 0 amide bonds. The molecule has 0 saturated heterocycles. The van der Waals surface area contributed by atoms with Crippen molar-refractivity contribution in [2.45, 2.75) is 67.2 Å². The molecule has 0 N–H and O–H groups in total. The summed E-state index contributed by atoms with van der Waals surface area (Å²) in [5.74, 6) is 1.79. The molecule has 13 heavy (non-hydrogen) atoms. The summed E-state index contributed by atoms with van der Waals surface area (Å²) >= 11 is 0. The van der Waals surface area contributed by atoms with Crippen molar-refractivity contribution in [1.29, 1.82) is 0 Å². The van der Waals surface area contributed by atoms with Crippen LogP contribution >= 0.6 is 0 Å². The van der Waals surface area contributed by atoms with E-state index in [-0.39, 0.29) is 0 Å². The Morgan fingerprint density at radius 1 is 0.923 bits per heavy atom. The van der Waals surface area contributed by atoms with Gasteiger partial charge in [-0.1, -0.05) is 60.8 Å². The van der Waals surface area contributed by atoms with Crippen LogP contribution in [0.5, 0.6) is 0 Å². The van der Waals surface area contributed by atoms with Crippen molar-refractivity contribution < 1.29 is 0 Å². The van der Waals surface area contributed by atoms with Crippen LogP contribution in [0.25, 0.3) is 0 Å². The summed E-state index contributed by atoms with van der Waals surface area (Å²) in [7, 11) is 0. The molecular formula is C13H28. The summed E-state index contributed by atoms with van der Waals surface area (Å²) in [5.41, 5.74) is 0.491. The molecule has 0 aromatic rings. The van der Waals surface area contributed by atoms with Gasteiger partial charge in [-0.05, 0) is 23.7 Å². The van der Waals surface area contributed by atoms with Gasteiger partial charge in [0.1, 0.15) is 0 Å². The van der Waals surface area contributed by atoms with E-state index >= 15 is 0 Å². The summed E-state index contributed by atoms with van der Waals surface area (Å²) in [6.07, 6.45) is 5.44. The first kappa shape index (κ1) is 13.0. The zero-order valence-electron chi connectivity index (χ0n) is 10.5. The second kappa shape index (κ2) is 5.67. The Hall–Kier alpha value is 0. The van der Waals surface area contributed by atoms with E-state index in [0.29, 0.717) is 5.41 Å². The van der Waals surface area contributed by atoms with Gasteiger partial charge in [0, 0.05) is 0 Å². The van der Waals surface area contributed by atoms with E-state index < -0.39 is 0 Å². The second-order valence-corrected chi connectivity index (χ2v) is 5.53. The molecule has 0 aliphatic rings. The molecule has 0 fully saturated rings. The van der Waals surface area contributed by atoms with Crippen LogP contribution in [0.15, 0.2) is 0 Å². The second-order valence-electron chi connectivity index (χ2n) is 5.53. The monoisotopic (exact) mass is 184 g/mol. The summed E-state index contributed by atoms with van der Waals surface area (Å²) < 4.78 is 0. The van der Waals surface area contributed by atoms with E-state index in [2.05, 4.69) is 41.5 Å². The van der Waals surface area contributed by atoms with Crippen molar-refractivity contribution in [2.24, 2.45) is 17.3 Å². The minimum atomic E-state index is 0.491. The Morgan fingerprint density at radius 3 is 1.69 bits per heavy atom. The van der Waals surface area contributed by atoms with Gasteiger partial charge in [0.25, 0.3) is 0 Å². The van der Waals surface area contributed by atoms with Crippen LogP contribution < -0.4 is 0 Å². The maximum atomic E-state index is 2.43. The smallest absolute Gasteiger partial charge is 0.0340 e. The highest BCUT2D eigenvalue weighted by Gasteiger charge is 2.27. The lowest BCUT2D eigenvalue weighted by Gasteiger charge is -2.35. The van der Waals surface area contributed by atoms with E-state index in [1.807, 2.05) is 0 Å². The molecular weight excluding hydrogens is 156 g/mol. The fourth-order valence-corrected chi connectivity index (χ4v) is 2.54. The summed E-state index contributed by atoms with van der Waals surface area (Å²) in [6.45, 7) is 14.2. The predicted octanol–water partition coefficient (Wildman–Crippen LogP) is 4.89. The van der Waals surface area contributed by atoms with Gasteiger partial charge in [-0.2, -0.15) is 0 Å². The lowest BCUT2D eigenvalue weighted by Crippen LogP contribution is -2.26. The van der Waals surface area contributed by atoms with Gasteiger partial charge in [-0.25, -0.2) is 0 Å². The Labute approximate surface area is 85.1 Å². The fraction of sp³-hybridized carbons (Fsp3) is 1.00. The molecule has 0 spiro atoms. The minimum absolute atomic E-state index is 0.491. The quantitative estimate of drug-likeness (QED) is 0.571. The van der Waals surface area contributed by atoms with E-state index in [1.165, 1.54) is 25.7 Å². The largest absolute Gasteiger partial charge is 0.0654 e. The Balaban J connectivity index is 4.23. The topological polar surface area (TPSA) is 0 Å². The minimum Gasteiger partial charge on any atom is -0.0654 e. The lowest BCUT2D eigenvalue weighted by molar-refractivity contribution is 0.147. The van der Waals surface area contributed by atoms with Crippen molar-refractivity contribution in [3.63, 3.8) is 0 Å². The van der Waals surface area contributed by atoms with Crippen molar-refractivity contribution in [1.82, 2.24) is 0 Å². The third-order valence-electron chi connectivity index (χ3n) is 3.14. The van der Waals surface area contributed by atoms with Gasteiger partial charge in [0.15, 0.2) is 0 Å². The SMILES string of the molecule is CCCC(C)C(CCC)C(C)(C)C. The van der Waals surface area contributed by atoms with Gasteiger partial charge in [-0.15, -0.1) is 0 Å². The highest BCUT2D eigenvalue weighted by molar-refractivity contribution is 4.77. The zero-order chi connectivity index (χ0) is 10.5. The van der Waals surface area contributed by atoms with Crippen molar-refractivity contribution in [2.75, 3.05) is 0 Å². The number of rotatable bonds is 5. The Kier molecular flexibility index (Phi) is 5.67. The van der Waals surface area contributed by atoms with Crippen LogP contribution in [-0.4, -0.2) is 0 Å². The van der Waals surface area contributed by atoms with Gasteiger partial charge < -0.3 is 0 Å². The first-order valence-corrected chi connectivity index (χ1v) is 5.93. The van der Waals surface area contributed by atoms with E-state index in [0.717, 1.165) is 11.8 Å². The third-order valence-corrected chi connectivity index (χ3v) is 3.14. The Morgan fingerprint density at radius 2 is 1.38 bits per heavy atom. The summed E-state index contributed by atoms with van der Waals surface area (Å²) in [5, 5.41) is 0. The highest BCUT2D eigenvalue weighted by atomic mass is 14.3. The van der Waals surface area contributed by atoms with Crippen LogP contribution in [0.4, 0.5) is 0 Å². The molecule has 0 heterocycles. The molecule has 0 aromatic heterocycles. The van der Waals surface area contributed by atoms with Crippen LogP contribution in [0.1, 0.15) is 67.2 Å². The third kappa shape index (κ3) is 4.69. The average Bonchev–Trinajstić information content (AvgIpc) is 1.98. The maximum Gasteiger partial charge on any atom is -0.0340 e. The van der Waals surface area contributed by atoms with Crippen LogP contribution in [0.3, 0.4) is 0 Å². The molecule has 0 bridgehead atoms. The standard InChI is InChI=1S/C13H28/c1-7-9-11(3)12(10-8-2)13(4,5)6/h11-12H,7-10H2,1-6H3. The van der Waals surface area contributed by atoms with Crippen LogP contribution in [0, 0.1) is 17.3 Å². The van der Waals surface area contributed by atoms with Crippen molar-refractivity contribution in [3.05, 3.63) is 0 Å². The van der Waals surface area contributed by atoms with E-state index in [9.17, 15) is 0 Å². The van der Waals surface area contributed by atoms with Gasteiger partial charge >= 0.3 is 0 Å². The summed E-state index contributed by atoms with van der Waals surface area (Å²) in [4.78, 5) is 0. The fourth-order valence-electron chi connectivity index (χ4n) is 2.54. The van der Waals surface area contributed by atoms with Crippen LogP contribution in [-0.2, 0) is 0 Å². The Bertz CT molecular complexity index is 118. The molecule has 0 radical (unpaired) electrons. The first-order chi connectivity index (χ1) is 5.93. The molecule has 0 rings (SSSR count). The van der Waals surface area contributed by atoms with Gasteiger partial charge in [0.05, 0.1) is 0 Å². The van der Waals surface area contributed by atoms with Crippen LogP contribution in [0.2, 0.25) is 0 Å². The molecule has 0 saturated carbocycles. The average molecular weight is 184 g/mol.